The van der Waals surface area contributed by atoms with Gasteiger partial charge in [-0.15, -0.1) is 0 Å². The molecule has 0 aliphatic heterocycles. The number of aliphatic hydroxyl groups is 1. The van der Waals surface area contributed by atoms with Crippen molar-refractivity contribution in [1.82, 2.24) is 5.32 Å². The van der Waals surface area contributed by atoms with Crippen molar-refractivity contribution in [3.8, 4) is 0 Å². The van der Waals surface area contributed by atoms with Crippen LogP contribution in [0.3, 0.4) is 0 Å². The first-order chi connectivity index (χ1) is 7.82. The normalized spacial score (nSPS) is 27.6. The molecule has 102 valence electrons. The summed E-state index contributed by atoms with van der Waals surface area (Å²) in [6.07, 6.45) is 4.37. The average Bonchev–Trinajstić information content (AvgIpc) is 2.65. The highest BCUT2D eigenvalue weighted by Gasteiger charge is 2.34. The molecular formula is C12H25NO3S. The van der Waals surface area contributed by atoms with Crippen LogP contribution < -0.4 is 5.32 Å². The Morgan fingerprint density at radius 3 is 2.53 bits per heavy atom. The van der Waals surface area contributed by atoms with Gasteiger partial charge in [0, 0.05) is 12.3 Å². The topological polar surface area (TPSA) is 66.4 Å². The molecular weight excluding hydrogens is 238 g/mol. The molecule has 0 aromatic carbocycles. The smallest absolute Gasteiger partial charge is 0.151 e. The standard InChI is InChI=1S/C12H25NO3S/c1-9(2)11(14)7-8-13-10-5-4-6-12(10)17(3,15)16/h9-14H,4-8H2,1-3H3/t10-,11+,12-/m0/s1. The lowest BCUT2D eigenvalue weighted by molar-refractivity contribution is 0.115. The Labute approximate surface area is 105 Å². The molecule has 1 aliphatic rings. The summed E-state index contributed by atoms with van der Waals surface area (Å²) in [6.45, 7) is 4.66. The maximum Gasteiger partial charge on any atom is 0.151 e. The van der Waals surface area contributed by atoms with Crippen LogP contribution in [0.25, 0.3) is 0 Å². The molecule has 2 N–H and O–H groups in total. The fraction of sp³-hybridized carbons (Fsp3) is 1.00. The lowest BCUT2D eigenvalue weighted by Gasteiger charge is -2.21. The van der Waals surface area contributed by atoms with E-state index in [1.165, 1.54) is 6.26 Å². The minimum Gasteiger partial charge on any atom is -0.393 e. The summed E-state index contributed by atoms with van der Waals surface area (Å²) in [5.74, 6) is 0.256. The maximum atomic E-state index is 11.6. The molecule has 0 unspecified atom stereocenters. The van der Waals surface area contributed by atoms with E-state index in [1.807, 2.05) is 13.8 Å². The van der Waals surface area contributed by atoms with Crippen LogP contribution in [-0.2, 0) is 9.84 Å². The number of hydrogen-bond acceptors (Lipinski definition) is 4. The molecule has 0 aromatic heterocycles. The van der Waals surface area contributed by atoms with Gasteiger partial charge in [0.2, 0.25) is 0 Å². The highest BCUT2D eigenvalue weighted by Crippen LogP contribution is 2.25. The molecule has 1 saturated carbocycles. The first kappa shape index (κ1) is 14.9. The lowest BCUT2D eigenvalue weighted by Crippen LogP contribution is -2.41. The van der Waals surface area contributed by atoms with Crippen molar-refractivity contribution in [2.24, 2.45) is 5.92 Å². The van der Waals surface area contributed by atoms with E-state index in [-0.39, 0.29) is 23.3 Å². The SMILES string of the molecule is CC(C)[C@H](O)CCN[C@H]1CCC[C@@H]1S(C)(=O)=O. The predicted molar refractivity (Wildman–Crippen MR) is 69.7 cm³/mol. The molecule has 0 bridgehead atoms. The van der Waals surface area contributed by atoms with Crippen molar-refractivity contribution >= 4 is 9.84 Å². The minimum atomic E-state index is -2.94. The Balaban J connectivity index is 2.37. The zero-order valence-electron chi connectivity index (χ0n) is 11.0. The van der Waals surface area contributed by atoms with Crippen molar-refractivity contribution in [1.29, 1.82) is 0 Å². The van der Waals surface area contributed by atoms with Crippen LogP contribution in [0.4, 0.5) is 0 Å². The quantitative estimate of drug-likeness (QED) is 0.749. The van der Waals surface area contributed by atoms with Crippen molar-refractivity contribution < 1.29 is 13.5 Å². The zero-order chi connectivity index (χ0) is 13.1. The van der Waals surface area contributed by atoms with Crippen LogP contribution in [0.2, 0.25) is 0 Å². The molecule has 1 fully saturated rings. The minimum absolute atomic E-state index is 0.0735. The second-order valence-electron chi connectivity index (χ2n) is 5.46. The summed E-state index contributed by atoms with van der Waals surface area (Å²) in [5, 5.41) is 12.7. The lowest BCUT2D eigenvalue weighted by atomic mass is 10.0. The Hall–Kier alpha value is -0.130. The number of rotatable bonds is 6. The Morgan fingerprint density at radius 2 is 2.00 bits per heavy atom. The van der Waals surface area contributed by atoms with Gasteiger partial charge in [0.1, 0.15) is 0 Å². The first-order valence-corrected chi connectivity index (χ1v) is 8.38. The second-order valence-corrected chi connectivity index (χ2v) is 7.72. The Bertz CT molecular complexity index is 327. The third-order valence-corrected chi connectivity index (χ3v) is 5.28. The highest BCUT2D eigenvalue weighted by molar-refractivity contribution is 7.91. The van der Waals surface area contributed by atoms with Gasteiger partial charge in [-0.3, -0.25) is 0 Å². The maximum absolute atomic E-state index is 11.6. The van der Waals surface area contributed by atoms with E-state index in [0.29, 0.717) is 13.0 Å². The van der Waals surface area contributed by atoms with Gasteiger partial charge in [-0.25, -0.2) is 8.42 Å². The highest BCUT2D eigenvalue weighted by atomic mass is 32.2. The van der Waals surface area contributed by atoms with Gasteiger partial charge < -0.3 is 10.4 Å². The molecule has 0 heterocycles. The van der Waals surface area contributed by atoms with Crippen molar-refractivity contribution in [3.63, 3.8) is 0 Å². The molecule has 4 nitrogen and oxygen atoms in total. The number of sulfone groups is 1. The summed E-state index contributed by atoms with van der Waals surface area (Å²) in [7, 11) is -2.94. The van der Waals surface area contributed by atoms with Crippen molar-refractivity contribution in [3.05, 3.63) is 0 Å². The van der Waals surface area contributed by atoms with E-state index in [9.17, 15) is 13.5 Å². The molecule has 1 aliphatic carbocycles. The van der Waals surface area contributed by atoms with Crippen LogP contribution in [0.15, 0.2) is 0 Å². The summed E-state index contributed by atoms with van der Waals surface area (Å²) in [5.41, 5.74) is 0. The molecule has 0 amide bonds. The zero-order valence-corrected chi connectivity index (χ0v) is 11.8. The molecule has 0 radical (unpaired) electrons. The van der Waals surface area contributed by atoms with E-state index in [1.54, 1.807) is 0 Å². The van der Waals surface area contributed by atoms with Gasteiger partial charge >= 0.3 is 0 Å². The molecule has 0 aromatic rings. The monoisotopic (exact) mass is 263 g/mol. The van der Waals surface area contributed by atoms with Gasteiger partial charge in [0.05, 0.1) is 11.4 Å². The van der Waals surface area contributed by atoms with Crippen LogP contribution in [-0.4, -0.2) is 43.7 Å². The number of nitrogens with one attached hydrogen (secondary N) is 1. The van der Waals surface area contributed by atoms with Gasteiger partial charge in [0.25, 0.3) is 0 Å². The Morgan fingerprint density at radius 1 is 1.35 bits per heavy atom. The van der Waals surface area contributed by atoms with Crippen LogP contribution in [0, 0.1) is 5.92 Å². The first-order valence-electron chi connectivity index (χ1n) is 6.42. The largest absolute Gasteiger partial charge is 0.393 e. The fourth-order valence-corrected chi connectivity index (χ4v) is 3.85. The van der Waals surface area contributed by atoms with Gasteiger partial charge in [-0.2, -0.15) is 0 Å². The van der Waals surface area contributed by atoms with Gasteiger partial charge in [-0.05, 0) is 31.7 Å². The molecule has 17 heavy (non-hydrogen) atoms. The summed E-state index contributed by atoms with van der Waals surface area (Å²) >= 11 is 0. The average molecular weight is 263 g/mol. The van der Waals surface area contributed by atoms with E-state index >= 15 is 0 Å². The third-order valence-electron chi connectivity index (χ3n) is 3.62. The van der Waals surface area contributed by atoms with Gasteiger partial charge in [-0.1, -0.05) is 20.3 Å². The van der Waals surface area contributed by atoms with E-state index in [4.69, 9.17) is 0 Å². The molecule has 0 spiro atoms. The van der Waals surface area contributed by atoms with Gasteiger partial charge in [0.15, 0.2) is 9.84 Å². The van der Waals surface area contributed by atoms with Crippen LogP contribution >= 0.6 is 0 Å². The number of hydrogen-bond donors (Lipinski definition) is 2. The summed E-state index contributed by atoms with van der Waals surface area (Å²) < 4.78 is 23.1. The fourth-order valence-electron chi connectivity index (χ4n) is 2.42. The molecule has 5 heteroatoms. The molecule has 1 rings (SSSR count). The van der Waals surface area contributed by atoms with E-state index in [2.05, 4.69) is 5.32 Å². The predicted octanol–water partition coefficient (Wildman–Crippen LogP) is 0.949. The van der Waals surface area contributed by atoms with E-state index < -0.39 is 9.84 Å². The van der Waals surface area contributed by atoms with Crippen molar-refractivity contribution in [2.75, 3.05) is 12.8 Å². The van der Waals surface area contributed by atoms with Crippen molar-refractivity contribution in [2.45, 2.75) is 56.9 Å². The molecule has 0 saturated heterocycles. The van der Waals surface area contributed by atoms with Crippen LogP contribution in [0.5, 0.6) is 0 Å². The third kappa shape index (κ3) is 4.56. The second kappa shape index (κ2) is 6.16. The van der Waals surface area contributed by atoms with Crippen LogP contribution in [0.1, 0.15) is 39.5 Å². The Kier molecular flexibility index (Phi) is 5.41. The number of aliphatic hydroxyl groups excluding tert-OH is 1. The molecule has 3 atom stereocenters. The van der Waals surface area contributed by atoms with E-state index in [0.717, 1.165) is 19.3 Å². The summed E-state index contributed by atoms with van der Waals surface area (Å²) in [4.78, 5) is 0. The summed E-state index contributed by atoms with van der Waals surface area (Å²) in [6, 6.07) is 0.0735.